The van der Waals surface area contributed by atoms with Gasteiger partial charge in [-0.25, -0.2) is 0 Å². The Kier molecular flexibility index (Phi) is 4.94. The van der Waals surface area contributed by atoms with Crippen molar-refractivity contribution in [2.24, 2.45) is 5.73 Å². The molecule has 0 heterocycles. The van der Waals surface area contributed by atoms with Crippen molar-refractivity contribution in [2.45, 2.75) is 19.8 Å². The SMILES string of the molecule is Cc1ccc(CC(=O)c2ccc(CCN)cc2)c(Cl)c1. The van der Waals surface area contributed by atoms with Gasteiger partial charge in [0.1, 0.15) is 0 Å². The molecule has 0 unspecified atom stereocenters. The summed E-state index contributed by atoms with van der Waals surface area (Å²) in [5, 5.41) is 0.651. The summed E-state index contributed by atoms with van der Waals surface area (Å²) in [6.07, 6.45) is 1.16. The van der Waals surface area contributed by atoms with Crippen LogP contribution >= 0.6 is 11.6 Å². The zero-order valence-corrected chi connectivity index (χ0v) is 12.3. The van der Waals surface area contributed by atoms with Crippen LogP contribution in [0.25, 0.3) is 0 Å². The molecule has 2 aromatic carbocycles. The molecular formula is C17H18ClNO. The molecule has 2 aromatic rings. The number of nitrogens with two attached hydrogens (primary N) is 1. The molecule has 0 atom stereocenters. The Balaban J connectivity index is 2.11. The Labute approximate surface area is 124 Å². The summed E-state index contributed by atoms with van der Waals surface area (Å²) in [6, 6.07) is 13.4. The molecule has 0 spiro atoms. The Morgan fingerprint density at radius 1 is 1.15 bits per heavy atom. The lowest BCUT2D eigenvalue weighted by molar-refractivity contribution is 0.0993. The highest BCUT2D eigenvalue weighted by Gasteiger charge is 2.09. The normalized spacial score (nSPS) is 10.6. The van der Waals surface area contributed by atoms with Gasteiger partial charge in [0, 0.05) is 17.0 Å². The highest BCUT2D eigenvalue weighted by Crippen LogP contribution is 2.19. The van der Waals surface area contributed by atoms with Crippen molar-refractivity contribution in [2.75, 3.05) is 6.54 Å². The standard InChI is InChI=1S/C17H18ClNO/c1-12-2-5-15(16(18)10-12)11-17(20)14-6-3-13(4-7-14)8-9-19/h2-7,10H,8-9,11,19H2,1H3. The average molecular weight is 288 g/mol. The van der Waals surface area contributed by atoms with Gasteiger partial charge in [0.25, 0.3) is 0 Å². The maximum atomic E-state index is 12.2. The van der Waals surface area contributed by atoms with E-state index in [9.17, 15) is 4.79 Å². The minimum absolute atomic E-state index is 0.0788. The lowest BCUT2D eigenvalue weighted by Crippen LogP contribution is -2.06. The summed E-state index contributed by atoms with van der Waals surface area (Å²) in [4.78, 5) is 12.2. The molecule has 0 saturated carbocycles. The Hall–Kier alpha value is -1.64. The van der Waals surface area contributed by atoms with Crippen molar-refractivity contribution < 1.29 is 4.79 Å². The highest BCUT2D eigenvalue weighted by atomic mass is 35.5. The number of carbonyl (C=O) groups excluding carboxylic acids is 1. The molecular weight excluding hydrogens is 270 g/mol. The number of hydrogen-bond donors (Lipinski definition) is 1. The highest BCUT2D eigenvalue weighted by molar-refractivity contribution is 6.31. The number of benzene rings is 2. The van der Waals surface area contributed by atoms with E-state index in [-0.39, 0.29) is 5.78 Å². The first kappa shape index (κ1) is 14.8. The van der Waals surface area contributed by atoms with E-state index in [0.29, 0.717) is 23.6 Å². The second-order valence-electron chi connectivity index (χ2n) is 4.93. The zero-order chi connectivity index (χ0) is 14.5. The molecule has 0 aromatic heterocycles. The summed E-state index contributed by atoms with van der Waals surface area (Å²) in [5.74, 6) is 0.0788. The molecule has 0 bridgehead atoms. The molecule has 2 N–H and O–H groups in total. The van der Waals surface area contributed by atoms with Crippen LogP contribution in [0, 0.1) is 6.92 Å². The summed E-state index contributed by atoms with van der Waals surface area (Å²) in [5.41, 5.74) is 9.33. The summed E-state index contributed by atoms with van der Waals surface area (Å²) in [6.45, 7) is 2.60. The van der Waals surface area contributed by atoms with Gasteiger partial charge in [-0.2, -0.15) is 0 Å². The van der Waals surface area contributed by atoms with Gasteiger partial charge in [-0.05, 0) is 42.6 Å². The van der Waals surface area contributed by atoms with Crippen LogP contribution in [-0.4, -0.2) is 12.3 Å². The maximum Gasteiger partial charge on any atom is 0.167 e. The van der Waals surface area contributed by atoms with E-state index in [1.807, 2.05) is 49.4 Å². The second-order valence-corrected chi connectivity index (χ2v) is 5.34. The minimum Gasteiger partial charge on any atom is -0.330 e. The number of ketones is 1. The van der Waals surface area contributed by atoms with Crippen LogP contribution in [-0.2, 0) is 12.8 Å². The van der Waals surface area contributed by atoms with Crippen LogP contribution in [0.5, 0.6) is 0 Å². The van der Waals surface area contributed by atoms with E-state index in [1.54, 1.807) is 0 Å². The third kappa shape index (κ3) is 3.69. The summed E-state index contributed by atoms with van der Waals surface area (Å²) >= 11 is 6.16. The van der Waals surface area contributed by atoms with Crippen LogP contribution in [0.3, 0.4) is 0 Å². The number of carbonyl (C=O) groups is 1. The number of rotatable bonds is 5. The number of halogens is 1. The van der Waals surface area contributed by atoms with Gasteiger partial charge in [-0.3, -0.25) is 4.79 Å². The van der Waals surface area contributed by atoms with Crippen molar-refractivity contribution in [3.63, 3.8) is 0 Å². The van der Waals surface area contributed by atoms with Crippen LogP contribution in [0.15, 0.2) is 42.5 Å². The van der Waals surface area contributed by atoms with E-state index >= 15 is 0 Å². The Morgan fingerprint density at radius 3 is 2.45 bits per heavy atom. The molecule has 0 amide bonds. The maximum absolute atomic E-state index is 12.2. The van der Waals surface area contributed by atoms with E-state index < -0.39 is 0 Å². The third-order valence-electron chi connectivity index (χ3n) is 3.27. The van der Waals surface area contributed by atoms with Gasteiger partial charge < -0.3 is 5.73 Å². The van der Waals surface area contributed by atoms with Gasteiger partial charge >= 0.3 is 0 Å². The number of hydrogen-bond acceptors (Lipinski definition) is 2. The molecule has 3 heteroatoms. The molecule has 0 fully saturated rings. The van der Waals surface area contributed by atoms with Crippen molar-refractivity contribution in [1.29, 1.82) is 0 Å². The van der Waals surface area contributed by atoms with E-state index in [2.05, 4.69) is 0 Å². The summed E-state index contributed by atoms with van der Waals surface area (Å²) < 4.78 is 0. The quantitative estimate of drug-likeness (QED) is 0.854. The Bertz CT molecular complexity index is 605. The minimum atomic E-state index is 0.0788. The fourth-order valence-corrected chi connectivity index (χ4v) is 2.40. The first-order valence-corrected chi connectivity index (χ1v) is 7.05. The number of aryl methyl sites for hydroxylation is 1. The Morgan fingerprint density at radius 2 is 1.85 bits per heavy atom. The molecule has 104 valence electrons. The van der Waals surface area contributed by atoms with Crippen LogP contribution in [0.2, 0.25) is 5.02 Å². The smallest absolute Gasteiger partial charge is 0.167 e. The predicted molar refractivity (Wildman–Crippen MR) is 83.4 cm³/mol. The molecule has 20 heavy (non-hydrogen) atoms. The largest absolute Gasteiger partial charge is 0.330 e. The second kappa shape index (κ2) is 6.69. The van der Waals surface area contributed by atoms with Gasteiger partial charge in [-0.1, -0.05) is 48.0 Å². The van der Waals surface area contributed by atoms with Crippen molar-refractivity contribution in [3.05, 3.63) is 69.7 Å². The van der Waals surface area contributed by atoms with Crippen molar-refractivity contribution in [1.82, 2.24) is 0 Å². The van der Waals surface area contributed by atoms with Crippen molar-refractivity contribution >= 4 is 17.4 Å². The van der Waals surface area contributed by atoms with E-state index in [0.717, 1.165) is 23.1 Å². The number of Topliss-reactive ketones (excluding diaryl/α,β-unsaturated/α-hetero) is 1. The topological polar surface area (TPSA) is 43.1 Å². The molecule has 2 nitrogen and oxygen atoms in total. The fraction of sp³-hybridized carbons (Fsp3) is 0.235. The molecule has 0 aliphatic rings. The molecule has 2 rings (SSSR count). The third-order valence-corrected chi connectivity index (χ3v) is 3.62. The predicted octanol–water partition coefficient (Wildman–Crippen LogP) is 3.58. The van der Waals surface area contributed by atoms with Crippen LogP contribution in [0.4, 0.5) is 0 Å². The monoisotopic (exact) mass is 287 g/mol. The van der Waals surface area contributed by atoms with Crippen LogP contribution in [0.1, 0.15) is 27.0 Å². The first-order valence-electron chi connectivity index (χ1n) is 6.67. The summed E-state index contributed by atoms with van der Waals surface area (Å²) in [7, 11) is 0. The van der Waals surface area contributed by atoms with Crippen molar-refractivity contribution in [3.8, 4) is 0 Å². The van der Waals surface area contributed by atoms with Gasteiger partial charge in [0.2, 0.25) is 0 Å². The molecule has 0 saturated heterocycles. The van der Waals surface area contributed by atoms with Gasteiger partial charge in [0.15, 0.2) is 5.78 Å². The fourth-order valence-electron chi connectivity index (χ4n) is 2.09. The van der Waals surface area contributed by atoms with E-state index in [4.69, 9.17) is 17.3 Å². The lowest BCUT2D eigenvalue weighted by atomic mass is 10.0. The molecule has 0 aliphatic heterocycles. The van der Waals surface area contributed by atoms with Crippen LogP contribution < -0.4 is 5.73 Å². The first-order chi connectivity index (χ1) is 9.60. The van der Waals surface area contributed by atoms with E-state index in [1.165, 1.54) is 0 Å². The molecule has 0 radical (unpaired) electrons. The average Bonchev–Trinajstić information content (AvgIpc) is 2.43. The zero-order valence-electron chi connectivity index (χ0n) is 11.5. The lowest BCUT2D eigenvalue weighted by Gasteiger charge is -2.06. The van der Waals surface area contributed by atoms with Gasteiger partial charge in [0.05, 0.1) is 0 Å². The molecule has 0 aliphatic carbocycles. The van der Waals surface area contributed by atoms with Gasteiger partial charge in [-0.15, -0.1) is 0 Å².